The molecule has 5 unspecified atom stereocenters. The Balaban J connectivity index is 5.45. The minimum absolute atomic E-state index is 0.0319. The maximum absolute atomic E-state index is 13.1. The van der Waals surface area contributed by atoms with E-state index in [1.54, 1.807) is 0 Å². The van der Waals surface area contributed by atoms with Gasteiger partial charge in [0, 0.05) is 25.7 Å². The fraction of sp³-hybridized carbons (Fsp3) is 0.624. The van der Waals surface area contributed by atoms with Gasteiger partial charge in [0.1, 0.15) is 19.3 Å². The topological polar surface area (TPSA) is 237 Å². The molecule has 0 aromatic rings. The summed E-state index contributed by atoms with van der Waals surface area (Å²) in [6.45, 7) is 4.37. The number of carbonyl (C=O) groups excluding carboxylic acids is 4. The third-order valence-electron chi connectivity index (χ3n) is 15.7. The molecule has 0 heterocycles. The van der Waals surface area contributed by atoms with Crippen molar-refractivity contribution in [1.29, 1.82) is 0 Å². The first kappa shape index (κ1) is 98.4. The summed E-state index contributed by atoms with van der Waals surface area (Å²) >= 11 is 0. The maximum Gasteiger partial charge on any atom is 0.472 e. The number of aliphatic hydroxyl groups is 1. The van der Waals surface area contributed by atoms with Gasteiger partial charge in [-0.25, -0.2) is 9.13 Å². The van der Waals surface area contributed by atoms with Gasteiger partial charge in [0.15, 0.2) is 12.2 Å². The quantitative estimate of drug-likeness (QED) is 0.0169. The number of phosphoric ester groups is 2. The molecule has 0 bridgehead atoms. The smallest absolute Gasteiger partial charge is 0.462 e. The van der Waals surface area contributed by atoms with Gasteiger partial charge in [-0.15, -0.1) is 0 Å². The van der Waals surface area contributed by atoms with Crippen LogP contribution in [-0.4, -0.2) is 96.7 Å². The van der Waals surface area contributed by atoms with Crippen LogP contribution >= 0.6 is 15.6 Å². The van der Waals surface area contributed by atoms with Crippen LogP contribution in [0.25, 0.3) is 0 Å². The van der Waals surface area contributed by atoms with Crippen molar-refractivity contribution in [3.05, 3.63) is 170 Å². The van der Waals surface area contributed by atoms with Crippen molar-refractivity contribution >= 4 is 39.5 Å². The molecule has 590 valence electrons. The fourth-order valence-corrected chi connectivity index (χ4v) is 11.4. The van der Waals surface area contributed by atoms with Gasteiger partial charge in [-0.05, 0) is 141 Å². The molecule has 0 radical (unpaired) electrons. The third kappa shape index (κ3) is 74.7. The normalized spacial score (nSPS) is 14.8. The van der Waals surface area contributed by atoms with Crippen molar-refractivity contribution in [1.82, 2.24) is 0 Å². The van der Waals surface area contributed by atoms with Gasteiger partial charge in [-0.1, -0.05) is 288 Å². The van der Waals surface area contributed by atoms with Crippen molar-refractivity contribution < 1.29 is 80.2 Å². The lowest BCUT2D eigenvalue weighted by atomic mass is 10.1. The van der Waals surface area contributed by atoms with Crippen molar-refractivity contribution in [2.24, 2.45) is 0 Å². The lowest BCUT2D eigenvalue weighted by molar-refractivity contribution is -0.161. The Morgan fingerprint density at radius 1 is 0.279 bits per heavy atom. The number of rotatable bonds is 72. The van der Waals surface area contributed by atoms with Crippen LogP contribution in [0.5, 0.6) is 0 Å². The molecule has 104 heavy (non-hydrogen) atoms. The fourth-order valence-electron chi connectivity index (χ4n) is 9.82. The zero-order valence-electron chi connectivity index (χ0n) is 64.4. The molecule has 0 aromatic heterocycles. The monoisotopic (exact) mass is 1490 g/mol. The van der Waals surface area contributed by atoms with Crippen LogP contribution in [0.2, 0.25) is 0 Å². The Bertz CT molecular complexity index is 2640. The average Bonchev–Trinajstić information content (AvgIpc) is 0.931. The summed E-state index contributed by atoms with van der Waals surface area (Å²) in [7, 11) is -10.00. The zero-order chi connectivity index (χ0) is 76.0. The number of hydrogen-bond acceptors (Lipinski definition) is 15. The highest BCUT2D eigenvalue weighted by molar-refractivity contribution is 7.47. The van der Waals surface area contributed by atoms with Crippen molar-refractivity contribution in [2.75, 3.05) is 39.6 Å². The van der Waals surface area contributed by atoms with Crippen LogP contribution in [0.3, 0.4) is 0 Å². The van der Waals surface area contributed by atoms with Crippen molar-refractivity contribution in [3.63, 3.8) is 0 Å². The lowest BCUT2D eigenvalue weighted by Crippen LogP contribution is -2.30. The van der Waals surface area contributed by atoms with Crippen LogP contribution in [0.4, 0.5) is 0 Å². The van der Waals surface area contributed by atoms with Crippen molar-refractivity contribution in [2.45, 2.75) is 303 Å². The van der Waals surface area contributed by atoms with E-state index in [1.165, 1.54) is 38.5 Å². The van der Waals surface area contributed by atoms with Gasteiger partial charge in [0.05, 0.1) is 26.4 Å². The van der Waals surface area contributed by atoms with E-state index < -0.39 is 97.5 Å². The van der Waals surface area contributed by atoms with Gasteiger partial charge < -0.3 is 33.8 Å². The molecule has 5 atom stereocenters. The molecule has 0 rings (SSSR count). The summed E-state index contributed by atoms with van der Waals surface area (Å²) in [5, 5.41) is 10.6. The molecule has 0 spiro atoms. The van der Waals surface area contributed by atoms with Gasteiger partial charge in [0.25, 0.3) is 0 Å². The van der Waals surface area contributed by atoms with Crippen LogP contribution in [-0.2, 0) is 65.4 Å². The van der Waals surface area contributed by atoms with E-state index >= 15 is 0 Å². The molecule has 0 aliphatic rings. The van der Waals surface area contributed by atoms with Crippen LogP contribution in [0.15, 0.2) is 170 Å². The SMILES string of the molecule is CC/C=C\C/C=C\C/C=C\C/C=C\C/C=C\C/C=C\CCC(=O)OCC(COP(=O)(O)OCC(O)COP(=O)(O)OCC(COC(=O)CCCCCC/C=C\C/C=C\C/C=C\C/C=C\CC)OC(=O)CCCCCC/C=C\C/C=C\C/C=C\C/C=C\CC)OC(=O)CCCCCCCCCCCCC. The second-order valence-electron chi connectivity index (χ2n) is 25.5. The molecule has 0 amide bonds. The molecule has 17 nitrogen and oxygen atoms in total. The van der Waals surface area contributed by atoms with E-state index in [4.69, 9.17) is 37.0 Å². The molecular weight excluding hydrogens is 1350 g/mol. The van der Waals surface area contributed by atoms with Gasteiger partial charge in [-0.2, -0.15) is 0 Å². The molecule has 0 fully saturated rings. The minimum Gasteiger partial charge on any atom is -0.462 e. The summed E-state index contributed by atoms with van der Waals surface area (Å²) in [4.78, 5) is 72.9. The molecule has 19 heteroatoms. The number of carbonyl (C=O) groups is 4. The Labute approximate surface area is 629 Å². The number of phosphoric acid groups is 2. The summed E-state index contributed by atoms with van der Waals surface area (Å²) in [6.07, 6.45) is 89.3. The summed E-state index contributed by atoms with van der Waals surface area (Å²) in [5.74, 6) is -2.34. The van der Waals surface area contributed by atoms with E-state index in [2.05, 4.69) is 180 Å². The Kier molecular flexibility index (Phi) is 71.6. The maximum atomic E-state index is 13.1. The zero-order valence-corrected chi connectivity index (χ0v) is 66.2. The molecule has 3 N–H and O–H groups in total. The highest BCUT2D eigenvalue weighted by atomic mass is 31.2. The first-order chi connectivity index (χ1) is 50.7. The van der Waals surface area contributed by atoms with E-state index in [1.807, 2.05) is 18.2 Å². The third-order valence-corrected chi connectivity index (χ3v) is 17.6. The van der Waals surface area contributed by atoms with Gasteiger partial charge in [-0.3, -0.25) is 37.3 Å². The van der Waals surface area contributed by atoms with Gasteiger partial charge in [0.2, 0.25) is 0 Å². The van der Waals surface area contributed by atoms with Gasteiger partial charge >= 0.3 is 39.5 Å². The molecule has 0 saturated carbocycles. The van der Waals surface area contributed by atoms with Crippen LogP contribution in [0.1, 0.15) is 285 Å². The second-order valence-corrected chi connectivity index (χ2v) is 28.4. The largest absolute Gasteiger partial charge is 0.472 e. The average molecular weight is 1490 g/mol. The van der Waals surface area contributed by atoms with Crippen LogP contribution in [0, 0.1) is 0 Å². The number of hydrogen-bond donors (Lipinski definition) is 3. The lowest BCUT2D eigenvalue weighted by Gasteiger charge is -2.21. The second kappa shape index (κ2) is 75.6. The highest BCUT2D eigenvalue weighted by Gasteiger charge is 2.30. The van der Waals surface area contributed by atoms with E-state index in [0.29, 0.717) is 32.1 Å². The Hall–Kier alpha value is -5.58. The van der Waals surface area contributed by atoms with E-state index in [-0.39, 0.29) is 25.7 Å². The number of esters is 4. The minimum atomic E-state index is -5.00. The number of unbranched alkanes of at least 4 members (excludes halogenated alkanes) is 18. The van der Waals surface area contributed by atoms with E-state index in [9.17, 15) is 43.2 Å². The molecular formula is C85H138O17P2. The molecule has 0 saturated heterocycles. The standard InChI is InChI=1S/C85H138O17P2/c1-5-9-13-17-21-25-29-32-35-38-39-42-44-47-51-54-58-62-66-70-82(87)95-75-80(101-84(89)71-67-63-59-55-49-28-24-20-16-12-8-4)77-99-103(91,92)97-73-79(86)74-98-104(93,94)100-78-81(102-85(90)72-68-64-60-56-52-48-45-41-37-34-31-27-23-19-15-11-7-3)76-96-83(88)69-65-61-57-53-50-46-43-40-36-33-30-26-22-18-14-10-6-2/h9-11,13-15,21-23,25-27,32-37,39,42-43,45-48,51,58,62,79-81,86H,5-8,12,16-20,24,28-31,38,40-41,44,49-50,52-57,59-61,63-78H2,1-4H3,(H,91,92)(H,93,94)/b13-9-,14-10-,15-11-,25-21-,26-22-,27-23-,35-32-,36-33-,37-34-,42-39-,46-43-,48-45-,51-47-,62-58-. The predicted octanol–water partition coefficient (Wildman–Crippen LogP) is 23.0. The predicted molar refractivity (Wildman–Crippen MR) is 426 cm³/mol. The van der Waals surface area contributed by atoms with Crippen LogP contribution < -0.4 is 0 Å². The molecule has 0 aromatic carbocycles. The molecule has 0 aliphatic heterocycles. The summed E-state index contributed by atoms with van der Waals surface area (Å²) in [6, 6.07) is 0. The summed E-state index contributed by atoms with van der Waals surface area (Å²) < 4.78 is 68.4. The Morgan fingerprint density at radius 3 is 0.827 bits per heavy atom. The summed E-state index contributed by atoms with van der Waals surface area (Å²) in [5.41, 5.74) is 0. The first-order valence-corrected chi connectivity index (χ1v) is 42.4. The van der Waals surface area contributed by atoms with E-state index in [0.717, 1.165) is 161 Å². The van der Waals surface area contributed by atoms with Crippen molar-refractivity contribution in [3.8, 4) is 0 Å². The number of aliphatic hydroxyl groups excluding tert-OH is 1. The Morgan fingerprint density at radius 2 is 0.519 bits per heavy atom. The first-order valence-electron chi connectivity index (χ1n) is 39.4. The number of ether oxygens (including phenoxy) is 4. The number of allylic oxidation sites excluding steroid dienone is 28. The highest BCUT2D eigenvalue weighted by Crippen LogP contribution is 2.45. The molecule has 0 aliphatic carbocycles.